The molecule has 2 aliphatic rings. The fourth-order valence-corrected chi connectivity index (χ4v) is 4.68. The number of amidine groups is 1. The van der Waals surface area contributed by atoms with Crippen molar-refractivity contribution in [2.75, 3.05) is 31.1 Å². The number of hydrazone groups is 1. The Hall–Kier alpha value is -3.62. The fourth-order valence-electron chi connectivity index (χ4n) is 4.68. The largest absolute Gasteiger partial charge is 0.382 e. The Labute approximate surface area is 186 Å². The SMILES string of the molecule is NN=C(N)c1cccc(-c2nc3nc(N4CCCC(C(=O)N5CCCC5)C4)ccc3[nH]2)c1. The number of hydrogen-bond donors (Lipinski definition) is 3. The van der Waals surface area contributed by atoms with Gasteiger partial charge in [0.2, 0.25) is 5.91 Å². The summed E-state index contributed by atoms with van der Waals surface area (Å²) in [5, 5.41) is 3.56. The number of aromatic amines is 1. The lowest BCUT2D eigenvalue weighted by atomic mass is 9.96. The average molecular weight is 433 g/mol. The van der Waals surface area contributed by atoms with E-state index >= 15 is 0 Å². The van der Waals surface area contributed by atoms with Gasteiger partial charge in [0.1, 0.15) is 17.5 Å². The molecule has 1 atom stereocenters. The lowest BCUT2D eigenvalue weighted by Gasteiger charge is -2.34. The number of pyridine rings is 1. The summed E-state index contributed by atoms with van der Waals surface area (Å²) in [5.74, 6) is 7.49. The number of likely N-dealkylation sites (tertiary alicyclic amines) is 1. The van der Waals surface area contributed by atoms with Crippen LogP contribution in [0.25, 0.3) is 22.6 Å². The molecular formula is C23H28N8O. The van der Waals surface area contributed by atoms with Crippen molar-refractivity contribution in [3.05, 3.63) is 42.0 Å². The highest BCUT2D eigenvalue weighted by atomic mass is 16.2. The van der Waals surface area contributed by atoms with Gasteiger partial charge in [-0.2, -0.15) is 5.10 Å². The molecule has 2 saturated heterocycles. The molecule has 1 aromatic carbocycles. The van der Waals surface area contributed by atoms with Crippen molar-refractivity contribution in [3.8, 4) is 11.4 Å². The third-order valence-corrected chi connectivity index (χ3v) is 6.41. The number of imidazole rings is 1. The van der Waals surface area contributed by atoms with Gasteiger partial charge in [0.15, 0.2) is 5.65 Å². The molecule has 3 aromatic rings. The molecule has 2 aromatic heterocycles. The van der Waals surface area contributed by atoms with Gasteiger partial charge in [0.25, 0.3) is 0 Å². The van der Waals surface area contributed by atoms with Crippen LogP contribution in [0.2, 0.25) is 0 Å². The number of anilines is 1. The summed E-state index contributed by atoms with van der Waals surface area (Å²) >= 11 is 0. The standard InChI is InChI=1S/C23H28N8O/c24-20(29-25)15-5-3-6-16(13-15)21-26-18-8-9-19(27-22(18)28-21)31-12-4-7-17(14-31)23(32)30-10-1-2-11-30/h3,5-6,8-9,13,17H,1-2,4,7,10-12,14,25H2,(H2,24,29)(H,26,27,28). The van der Waals surface area contributed by atoms with Crippen LogP contribution in [-0.2, 0) is 4.79 Å². The molecule has 0 bridgehead atoms. The van der Waals surface area contributed by atoms with Crippen LogP contribution in [0.1, 0.15) is 31.2 Å². The summed E-state index contributed by atoms with van der Waals surface area (Å²) < 4.78 is 0. The first-order valence-corrected chi connectivity index (χ1v) is 11.2. The summed E-state index contributed by atoms with van der Waals surface area (Å²) in [7, 11) is 0. The zero-order valence-electron chi connectivity index (χ0n) is 18.0. The van der Waals surface area contributed by atoms with Gasteiger partial charge in [0, 0.05) is 37.3 Å². The van der Waals surface area contributed by atoms with Crippen LogP contribution in [0.15, 0.2) is 41.5 Å². The number of nitrogens with two attached hydrogens (primary N) is 2. The molecule has 5 N–H and O–H groups in total. The normalized spacial score (nSPS) is 19.6. The number of piperidine rings is 1. The first kappa shape index (κ1) is 20.3. The maximum Gasteiger partial charge on any atom is 0.227 e. The minimum atomic E-state index is 0.0477. The van der Waals surface area contributed by atoms with Gasteiger partial charge < -0.3 is 26.4 Å². The monoisotopic (exact) mass is 432 g/mol. The smallest absolute Gasteiger partial charge is 0.227 e. The number of rotatable bonds is 4. The third-order valence-electron chi connectivity index (χ3n) is 6.41. The molecule has 166 valence electrons. The van der Waals surface area contributed by atoms with Gasteiger partial charge in [-0.05, 0) is 43.9 Å². The van der Waals surface area contributed by atoms with E-state index in [1.54, 1.807) is 0 Å². The molecule has 9 heteroatoms. The van der Waals surface area contributed by atoms with Crippen LogP contribution in [0.4, 0.5) is 5.82 Å². The van der Waals surface area contributed by atoms with Crippen molar-refractivity contribution in [2.45, 2.75) is 25.7 Å². The Bertz CT molecular complexity index is 1160. The molecule has 32 heavy (non-hydrogen) atoms. The number of hydrogen-bond acceptors (Lipinski definition) is 6. The second kappa shape index (κ2) is 8.49. The Morgan fingerprint density at radius 1 is 1.09 bits per heavy atom. The first-order valence-electron chi connectivity index (χ1n) is 11.2. The van der Waals surface area contributed by atoms with Crippen LogP contribution in [0.3, 0.4) is 0 Å². The van der Waals surface area contributed by atoms with Gasteiger partial charge in [-0.25, -0.2) is 9.97 Å². The highest BCUT2D eigenvalue weighted by Gasteiger charge is 2.31. The lowest BCUT2D eigenvalue weighted by Crippen LogP contribution is -2.44. The third kappa shape index (κ3) is 3.86. The molecule has 1 unspecified atom stereocenters. The second-order valence-electron chi connectivity index (χ2n) is 8.54. The van der Waals surface area contributed by atoms with Crippen molar-refractivity contribution < 1.29 is 4.79 Å². The predicted molar refractivity (Wildman–Crippen MR) is 125 cm³/mol. The average Bonchev–Trinajstić information content (AvgIpc) is 3.53. The number of carbonyl (C=O) groups is 1. The number of nitrogens with zero attached hydrogens (tertiary/aromatic N) is 5. The highest BCUT2D eigenvalue weighted by Crippen LogP contribution is 2.27. The molecule has 0 saturated carbocycles. The number of H-pyrrole nitrogens is 1. The Balaban J connectivity index is 1.38. The summed E-state index contributed by atoms with van der Waals surface area (Å²) in [6.07, 6.45) is 4.19. The maximum absolute atomic E-state index is 12.9. The predicted octanol–water partition coefficient (Wildman–Crippen LogP) is 2.04. The summed E-state index contributed by atoms with van der Waals surface area (Å²) in [4.78, 5) is 30.0. The van der Waals surface area contributed by atoms with Crippen molar-refractivity contribution in [3.63, 3.8) is 0 Å². The minimum Gasteiger partial charge on any atom is -0.382 e. The molecule has 9 nitrogen and oxygen atoms in total. The van der Waals surface area contributed by atoms with Crippen LogP contribution in [0.5, 0.6) is 0 Å². The van der Waals surface area contributed by atoms with E-state index in [0.29, 0.717) is 23.9 Å². The number of benzene rings is 1. The molecule has 0 aliphatic carbocycles. The molecule has 0 radical (unpaired) electrons. The Morgan fingerprint density at radius 2 is 1.94 bits per heavy atom. The number of amides is 1. The van der Waals surface area contributed by atoms with Crippen LogP contribution < -0.4 is 16.5 Å². The van der Waals surface area contributed by atoms with E-state index in [2.05, 4.69) is 15.0 Å². The van der Waals surface area contributed by atoms with E-state index in [9.17, 15) is 4.79 Å². The van der Waals surface area contributed by atoms with Gasteiger partial charge in [-0.1, -0.05) is 18.2 Å². The van der Waals surface area contributed by atoms with E-state index in [4.69, 9.17) is 21.5 Å². The molecule has 5 rings (SSSR count). The van der Waals surface area contributed by atoms with Crippen molar-refractivity contribution in [1.82, 2.24) is 19.9 Å². The van der Waals surface area contributed by atoms with Crippen molar-refractivity contribution in [1.29, 1.82) is 0 Å². The highest BCUT2D eigenvalue weighted by molar-refractivity contribution is 5.98. The lowest BCUT2D eigenvalue weighted by molar-refractivity contribution is -0.134. The zero-order chi connectivity index (χ0) is 22.1. The van der Waals surface area contributed by atoms with Gasteiger partial charge in [-0.15, -0.1) is 0 Å². The molecule has 2 aliphatic heterocycles. The summed E-state index contributed by atoms with van der Waals surface area (Å²) in [6.45, 7) is 3.42. The van der Waals surface area contributed by atoms with Gasteiger partial charge >= 0.3 is 0 Å². The Morgan fingerprint density at radius 3 is 2.75 bits per heavy atom. The van der Waals surface area contributed by atoms with Crippen molar-refractivity contribution in [2.24, 2.45) is 22.6 Å². The van der Waals surface area contributed by atoms with Crippen LogP contribution in [0, 0.1) is 5.92 Å². The summed E-state index contributed by atoms with van der Waals surface area (Å²) in [5.41, 5.74) is 8.96. The van der Waals surface area contributed by atoms with E-state index in [1.165, 1.54) is 0 Å². The molecular weight excluding hydrogens is 404 g/mol. The number of nitrogens with one attached hydrogen (secondary N) is 1. The Kier molecular flexibility index (Phi) is 5.38. The first-order chi connectivity index (χ1) is 15.6. The van der Waals surface area contributed by atoms with E-state index in [1.807, 2.05) is 41.3 Å². The maximum atomic E-state index is 12.9. The van der Waals surface area contributed by atoms with E-state index in [-0.39, 0.29) is 11.8 Å². The van der Waals surface area contributed by atoms with Crippen molar-refractivity contribution >= 4 is 28.7 Å². The van der Waals surface area contributed by atoms with Gasteiger partial charge in [-0.3, -0.25) is 4.79 Å². The number of carbonyl (C=O) groups excluding carboxylic acids is 1. The topological polar surface area (TPSA) is 130 Å². The van der Waals surface area contributed by atoms with Crippen LogP contribution >= 0.6 is 0 Å². The number of fused-ring (bicyclic) bond motifs is 1. The van der Waals surface area contributed by atoms with Gasteiger partial charge in [0.05, 0.1) is 11.4 Å². The zero-order valence-corrected chi connectivity index (χ0v) is 18.0. The van der Waals surface area contributed by atoms with Crippen LogP contribution in [-0.4, -0.2) is 57.8 Å². The van der Waals surface area contributed by atoms with E-state index < -0.39 is 0 Å². The quantitative estimate of drug-likeness (QED) is 0.250. The molecule has 1 amide bonds. The number of aromatic nitrogens is 3. The molecule has 2 fully saturated rings. The minimum absolute atomic E-state index is 0.0477. The van der Waals surface area contributed by atoms with E-state index in [0.717, 1.165) is 67.8 Å². The fraction of sp³-hybridized carbons (Fsp3) is 0.391. The summed E-state index contributed by atoms with van der Waals surface area (Å²) in [6, 6.07) is 11.6. The molecule has 4 heterocycles. The molecule has 0 spiro atoms. The second-order valence-corrected chi connectivity index (χ2v) is 8.54.